The molecular formula is C29H46O6. The van der Waals surface area contributed by atoms with Gasteiger partial charge in [-0.2, -0.15) is 9.78 Å². The lowest BCUT2D eigenvalue weighted by Gasteiger charge is -2.36. The Morgan fingerprint density at radius 3 is 1.97 bits per heavy atom. The van der Waals surface area contributed by atoms with Gasteiger partial charge in [-0.3, -0.25) is 0 Å². The van der Waals surface area contributed by atoms with E-state index in [0.717, 1.165) is 32.1 Å². The minimum Gasteiger partial charge on any atom is -0.247 e. The van der Waals surface area contributed by atoms with Gasteiger partial charge in [0.2, 0.25) is 0 Å². The first-order chi connectivity index (χ1) is 16.1. The second kappa shape index (κ2) is 11.9. The van der Waals surface area contributed by atoms with Crippen LogP contribution < -0.4 is 0 Å². The highest BCUT2D eigenvalue weighted by Gasteiger charge is 2.59. The van der Waals surface area contributed by atoms with E-state index in [-0.39, 0.29) is 28.6 Å². The van der Waals surface area contributed by atoms with Crippen LogP contribution in [0.2, 0.25) is 0 Å². The average Bonchev–Trinajstić information content (AvgIpc) is 3.55. The molecule has 0 spiro atoms. The first-order valence-corrected chi connectivity index (χ1v) is 13.0. The van der Waals surface area contributed by atoms with Gasteiger partial charge < -0.3 is 0 Å². The van der Waals surface area contributed by atoms with Crippen molar-refractivity contribution in [2.24, 2.45) is 16.7 Å². The Hall–Kier alpha value is -1.92. The molecule has 6 nitrogen and oxygen atoms in total. The molecule has 0 N–H and O–H groups in total. The summed E-state index contributed by atoms with van der Waals surface area (Å²) in [5, 5.41) is 0. The van der Waals surface area contributed by atoms with Gasteiger partial charge in [-0.05, 0) is 59.8 Å². The lowest BCUT2D eigenvalue weighted by Crippen LogP contribution is -2.31. The molecule has 1 aromatic carbocycles. The van der Waals surface area contributed by atoms with E-state index in [9.17, 15) is 9.59 Å². The quantitative estimate of drug-likeness (QED) is 0.131. The van der Waals surface area contributed by atoms with Crippen LogP contribution in [0.25, 0.3) is 0 Å². The van der Waals surface area contributed by atoms with E-state index in [1.165, 1.54) is 5.56 Å². The van der Waals surface area contributed by atoms with Crippen molar-refractivity contribution < 1.29 is 29.1 Å². The standard InChI is InChI=1S/C29H46O6/c1-26(2,3)19-12-13-20-29(34-35-29)25(31)33-32-24(30)17-16-23(18-21-27(4,5)6)28(7,8)22-14-10-9-11-15-22/h9-11,14-15,23H,12-13,16-21H2,1-8H3. The molecule has 0 aromatic heterocycles. The van der Waals surface area contributed by atoms with Crippen molar-refractivity contribution in [2.75, 3.05) is 0 Å². The minimum atomic E-state index is -1.43. The van der Waals surface area contributed by atoms with Gasteiger partial charge in [-0.1, -0.05) is 92.1 Å². The summed E-state index contributed by atoms with van der Waals surface area (Å²) in [6, 6.07) is 10.4. The molecule has 198 valence electrons. The third kappa shape index (κ3) is 9.92. The maximum Gasteiger partial charge on any atom is 0.420 e. The molecule has 1 atom stereocenters. The Balaban J connectivity index is 1.86. The highest BCUT2D eigenvalue weighted by molar-refractivity contribution is 5.79. The van der Waals surface area contributed by atoms with Crippen LogP contribution in [0, 0.1) is 16.7 Å². The van der Waals surface area contributed by atoms with E-state index in [4.69, 9.17) is 19.6 Å². The van der Waals surface area contributed by atoms with Gasteiger partial charge in [0.05, 0.1) is 6.42 Å². The Morgan fingerprint density at radius 1 is 0.829 bits per heavy atom. The number of hydrogen-bond donors (Lipinski definition) is 0. The molecule has 0 bridgehead atoms. The van der Waals surface area contributed by atoms with Crippen LogP contribution in [-0.4, -0.2) is 17.7 Å². The number of unbranched alkanes of at least 4 members (excludes halogenated alkanes) is 1. The number of carbonyl (C=O) groups excluding carboxylic acids is 2. The van der Waals surface area contributed by atoms with E-state index < -0.39 is 17.7 Å². The van der Waals surface area contributed by atoms with Crippen LogP contribution >= 0.6 is 0 Å². The topological polar surface area (TPSA) is 77.7 Å². The van der Waals surface area contributed by atoms with Gasteiger partial charge >= 0.3 is 17.7 Å². The van der Waals surface area contributed by atoms with Gasteiger partial charge in [0.15, 0.2) is 0 Å². The second-order valence-corrected chi connectivity index (χ2v) is 12.9. The van der Waals surface area contributed by atoms with Crippen molar-refractivity contribution >= 4 is 11.9 Å². The number of carbonyl (C=O) groups is 2. The Kier molecular flexibility index (Phi) is 9.95. The van der Waals surface area contributed by atoms with Gasteiger partial charge in [0.1, 0.15) is 0 Å². The van der Waals surface area contributed by atoms with Crippen LogP contribution in [0.5, 0.6) is 0 Å². The normalized spacial score (nSPS) is 16.5. The molecule has 0 saturated carbocycles. The zero-order chi connectivity index (χ0) is 26.3. The number of benzene rings is 1. The van der Waals surface area contributed by atoms with Crippen molar-refractivity contribution in [3.8, 4) is 0 Å². The molecule has 1 fully saturated rings. The number of hydrogen-bond acceptors (Lipinski definition) is 6. The first kappa shape index (κ1) is 29.3. The Bertz CT molecular complexity index is 812. The lowest BCUT2D eigenvalue weighted by molar-refractivity contribution is -0.264. The van der Waals surface area contributed by atoms with E-state index in [1.54, 1.807) is 0 Å². The third-order valence-electron chi connectivity index (χ3n) is 6.97. The zero-order valence-electron chi connectivity index (χ0n) is 23.1. The van der Waals surface area contributed by atoms with Crippen LogP contribution in [0.4, 0.5) is 0 Å². The average molecular weight is 491 g/mol. The molecule has 6 heteroatoms. The molecule has 1 saturated heterocycles. The summed E-state index contributed by atoms with van der Waals surface area (Å²) < 4.78 is 0. The molecule has 1 unspecified atom stereocenters. The van der Waals surface area contributed by atoms with E-state index in [1.807, 2.05) is 18.2 Å². The summed E-state index contributed by atoms with van der Waals surface area (Å²) in [5.74, 6) is -2.54. The third-order valence-corrected chi connectivity index (χ3v) is 6.97. The lowest BCUT2D eigenvalue weighted by atomic mass is 9.68. The SMILES string of the molecule is CC(C)(C)CCCCC1(C(=O)OOC(=O)CCC(CCC(C)(C)C)C(C)(C)c2ccccc2)OO1. The highest BCUT2D eigenvalue weighted by atomic mass is 17.4. The Labute approximate surface area is 211 Å². The van der Waals surface area contributed by atoms with Crippen LogP contribution in [0.15, 0.2) is 30.3 Å². The second-order valence-electron chi connectivity index (χ2n) is 12.9. The van der Waals surface area contributed by atoms with E-state index in [0.29, 0.717) is 12.8 Å². The van der Waals surface area contributed by atoms with Crippen LogP contribution in [0.3, 0.4) is 0 Å². The highest BCUT2D eigenvalue weighted by Crippen LogP contribution is 2.40. The zero-order valence-corrected chi connectivity index (χ0v) is 23.1. The molecule has 35 heavy (non-hydrogen) atoms. The molecule has 1 aromatic rings. The van der Waals surface area contributed by atoms with Crippen LogP contribution in [0.1, 0.15) is 112 Å². The van der Waals surface area contributed by atoms with Crippen molar-refractivity contribution in [1.29, 1.82) is 0 Å². The monoisotopic (exact) mass is 490 g/mol. The predicted octanol–water partition coefficient (Wildman–Crippen LogP) is 7.45. The van der Waals surface area contributed by atoms with Gasteiger partial charge in [-0.25, -0.2) is 19.4 Å². The summed E-state index contributed by atoms with van der Waals surface area (Å²) in [7, 11) is 0. The molecule has 1 aliphatic heterocycles. The molecule has 2 rings (SSSR count). The maximum atomic E-state index is 12.5. The molecule has 0 radical (unpaired) electrons. The summed E-state index contributed by atoms with van der Waals surface area (Å²) in [5.41, 5.74) is 1.56. The summed E-state index contributed by atoms with van der Waals surface area (Å²) in [4.78, 5) is 44.3. The molecule has 1 aliphatic rings. The van der Waals surface area contributed by atoms with Crippen molar-refractivity contribution in [1.82, 2.24) is 0 Å². The predicted molar refractivity (Wildman–Crippen MR) is 136 cm³/mol. The van der Waals surface area contributed by atoms with Gasteiger partial charge in [0, 0.05) is 6.42 Å². The van der Waals surface area contributed by atoms with Crippen molar-refractivity contribution in [2.45, 2.75) is 118 Å². The first-order valence-electron chi connectivity index (χ1n) is 13.0. The molecular weight excluding hydrogens is 444 g/mol. The molecule has 0 amide bonds. The van der Waals surface area contributed by atoms with Crippen molar-refractivity contribution in [3.63, 3.8) is 0 Å². The summed E-state index contributed by atoms with van der Waals surface area (Å²) >= 11 is 0. The summed E-state index contributed by atoms with van der Waals surface area (Å²) in [6.07, 6.45) is 5.94. The van der Waals surface area contributed by atoms with Gasteiger partial charge in [-0.15, -0.1) is 0 Å². The van der Waals surface area contributed by atoms with Crippen molar-refractivity contribution in [3.05, 3.63) is 35.9 Å². The Morgan fingerprint density at radius 2 is 1.43 bits per heavy atom. The number of rotatable bonds is 12. The van der Waals surface area contributed by atoms with E-state index in [2.05, 4.69) is 67.5 Å². The van der Waals surface area contributed by atoms with Crippen LogP contribution in [-0.2, 0) is 34.6 Å². The largest absolute Gasteiger partial charge is 0.420 e. The molecule has 1 heterocycles. The fourth-order valence-corrected chi connectivity index (χ4v) is 4.38. The maximum absolute atomic E-state index is 12.5. The fourth-order valence-electron chi connectivity index (χ4n) is 4.38. The van der Waals surface area contributed by atoms with E-state index >= 15 is 0 Å². The minimum absolute atomic E-state index is 0.115. The molecule has 0 aliphatic carbocycles. The smallest absolute Gasteiger partial charge is 0.247 e. The summed E-state index contributed by atoms with van der Waals surface area (Å²) in [6.45, 7) is 17.7. The fraction of sp³-hybridized carbons (Fsp3) is 0.724. The van der Waals surface area contributed by atoms with Gasteiger partial charge in [0.25, 0.3) is 0 Å².